The van der Waals surface area contributed by atoms with Crippen LogP contribution in [-0.2, 0) is 4.79 Å². The molecule has 3 nitrogen and oxygen atoms in total. The van der Waals surface area contributed by atoms with Crippen LogP contribution in [0.3, 0.4) is 0 Å². The monoisotopic (exact) mass is 284 g/mol. The van der Waals surface area contributed by atoms with E-state index in [9.17, 15) is 4.79 Å². The molecule has 0 heterocycles. The lowest BCUT2D eigenvalue weighted by Gasteiger charge is -2.20. The van der Waals surface area contributed by atoms with Crippen molar-refractivity contribution in [2.45, 2.75) is 19.9 Å². The molecule has 0 saturated carbocycles. The van der Waals surface area contributed by atoms with Gasteiger partial charge in [-0.2, -0.15) is 0 Å². The number of carbonyl (C=O) groups is 1. The second kappa shape index (κ2) is 5.34. The highest BCUT2D eigenvalue weighted by molar-refractivity contribution is 9.10. The Hall–Kier alpha value is -1.03. The van der Waals surface area contributed by atoms with Crippen LogP contribution in [0.4, 0.5) is 5.69 Å². The third kappa shape index (κ3) is 3.23. The summed E-state index contributed by atoms with van der Waals surface area (Å²) in [6.07, 6.45) is 0. The van der Waals surface area contributed by atoms with Crippen LogP contribution in [0.1, 0.15) is 12.5 Å². The van der Waals surface area contributed by atoms with E-state index in [4.69, 9.17) is 0 Å². The number of hydrogen-bond donors (Lipinski definition) is 1. The Kier molecular flexibility index (Phi) is 4.35. The maximum absolute atomic E-state index is 11.7. The van der Waals surface area contributed by atoms with E-state index < -0.39 is 0 Å². The standard InChI is InChI=1S/C12H17BrN2O/c1-8-7-10(13)5-6-11(8)14-9(2)12(16)15(3)4/h5-7,9,14H,1-4H3. The topological polar surface area (TPSA) is 32.3 Å². The number of likely N-dealkylation sites (N-methyl/N-ethyl adjacent to an activating group) is 1. The molecule has 16 heavy (non-hydrogen) atoms. The van der Waals surface area contributed by atoms with Gasteiger partial charge in [-0.1, -0.05) is 15.9 Å². The van der Waals surface area contributed by atoms with Crippen LogP contribution in [-0.4, -0.2) is 30.9 Å². The van der Waals surface area contributed by atoms with Crippen LogP contribution in [0.15, 0.2) is 22.7 Å². The molecule has 1 N–H and O–H groups in total. The largest absolute Gasteiger partial charge is 0.374 e. The van der Waals surface area contributed by atoms with Crippen LogP contribution in [0.25, 0.3) is 0 Å². The zero-order chi connectivity index (χ0) is 12.3. The summed E-state index contributed by atoms with van der Waals surface area (Å²) in [5.41, 5.74) is 2.11. The van der Waals surface area contributed by atoms with Gasteiger partial charge in [0.1, 0.15) is 6.04 Å². The number of rotatable bonds is 3. The normalized spacial score (nSPS) is 12.1. The van der Waals surface area contributed by atoms with Crippen molar-refractivity contribution in [1.29, 1.82) is 0 Å². The first-order valence-electron chi connectivity index (χ1n) is 5.15. The molecule has 0 radical (unpaired) electrons. The minimum absolute atomic E-state index is 0.0716. The Balaban J connectivity index is 2.77. The first-order chi connectivity index (χ1) is 7.41. The van der Waals surface area contributed by atoms with E-state index in [-0.39, 0.29) is 11.9 Å². The van der Waals surface area contributed by atoms with Gasteiger partial charge in [-0.25, -0.2) is 0 Å². The Labute approximate surface area is 105 Å². The third-order valence-electron chi connectivity index (χ3n) is 2.37. The van der Waals surface area contributed by atoms with Crippen molar-refractivity contribution in [3.8, 4) is 0 Å². The van der Waals surface area contributed by atoms with Crippen LogP contribution in [0.2, 0.25) is 0 Å². The molecule has 0 spiro atoms. The van der Waals surface area contributed by atoms with E-state index in [1.807, 2.05) is 32.0 Å². The summed E-state index contributed by atoms with van der Waals surface area (Å²) in [7, 11) is 3.52. The molecule has 1 rings (SSSR count). The molecular weight excluding hydrogens is 268 g/mol. The first kappa shape index (κ1) is 13.0. The van der Waals surface area contributed by atoms with Gasteiger partial charge in [-0.05, 0) is 37.6 Å². The number of anilines is 1. The summed E-state index contributed by atoms with van der Waals surface area (Å²) in [4.78, 5) is 13.3. The van der Waals surface area contributed by atoms with Gasteiger partial charge < -0.3 is 10.2 Å². The first-order valence-corrected chi connectivity index (χ1v) is 5.95. The average Bonchev–Trinajstić information content (AvgIpc) is 2.20. The Morgan fingerprint density at radius 1 is 1.44 bits per heavy atom. The molecular formula is C12H17BrN2O. The SMILES string of the molecule is Cc1cc(Br)ccc1NC(C)C(=O)N(C)C. The van der Waals surface area contributed by atoms with Crippen molar-refractivity contribution in [2.75, 3.05) is 19.4 Å². The number of benzene rings is 1. The molecule has 1 aromatic carbocycles. The predicted octanol–water partition coefficient (Wildman–Crippen LogP) is 2.65. The van der Waals surface area contributed by atoms with Crippen molar-refractivity contribution >= 4 is 27.5 Å². The minimum Gasteiger partial charge on any atom is -0.374 e. The van der Waals surface area contributed by atoms with E-state index in [0.717, 1.165) is 15.7 Å². The molecule has 1 aromatic rings. The second-order valence-corrected chi connectivity index (χ2v) is 4.97. The zero-order valence-corrected chi connectivity index (χ0v) is 11.6. The number of amides is 1. The molecule has 88 valence electrons. The summed E-state index contributed by atoms with van der Waals surface area (Å²) in [5, 5.41) is 3.21. The van der Waals surface area contributed by atoms with Crippen molar-refractivity contribution in [2.24, 2.45) is 0 Å². The average molecular weight is 285 g/mol. The molecule has 0 aliphatic heterocycles. The molecule has 0 bridgehead atoms. The lowest BCUT2D eigenvalue weighted by molar-refractivity contribution is -0.129. The fourth-order valence-electron chi connectivity index (χ4n) is 1.47. The maximum Gasteiger partial charge on any atom is 0.244 e. The van der Waals surface area contributed by atoms with Gasteiger partial charge in [0.05, 0.1) is 0 Å². The van der Waals surface area contributed by atoms with E-state index in [1.54, 1.807) is 19.0 Å². The quantitative estimate of drug-likeness (QED) is 0.926. The Bertz CT molecular complexity index is 391. The lowest BCUT2D eigenvalue weighted by atomic mass is 10.2. The number of nitrogens with zero attached hydrogens (tertiary/aromatic N) is 1. The van der Waals surface area contributed by atoms with Crippen molar-refractivity contribution < 1.29 is 4.79 Å². The highest BCUT2D eigenvalue weighted by Crippen LogP contribution is 2.20. The third-order valence-corrected chi connectivity index (χ3v) is 2.86. The maximum atomic E-state index is 11.7. The van der Waals surface area contributed by atoms with Gasteiger partial charge in [0.15, 0.2) is 0 Å². The van der Waals surface area contributed by atoms with Crippen LogP contribution in [0, 0.1) is 6.92 Å². The smallest absolute Gasteiger partial charge is 0.244 e. The molecule has 1 atom stereocenters. The summed E-state index contributed by atoms with van der Waals surface area (Å²) < 4.78 is 1.04. The number of halogens is 1. The van der Waals surface area contributed by atoms with Crippen molar-refractivity contribution in [3.05, 3.63) is 28.2 Å². The Morgan fingerprint density at radius 3 is 2.56 bits per heavy atom. The summed E-state index contributed by atoms with van der Waals surface area (Å²) in [5.74, 6) is 0.0716. The van der Waals surface area contributed by atoms with Crippen LogP contribution < -0.4 is 5.32 Å². The van der Waals surface area contributed by atoms with Gasteiger partial charge in [0.25, 0.3) is 0 Å². The molecule has 0 aliphatic rings. The molecule has 0 aliphatic carbocycles. The summed E-state index contributed by atoms with van der Waals surface area (Å²) in [6, 6.07) is 5.74. The van der Waals surface area contributed by atoms with Gasteiger partial charge in [-0.3, -0.25) is 4.79 Å². The van der Waals surface area contributed by atoms with E-state index in [2.05, 4.69) is 21.2 Å². The zero-order valence-electron chi connectivity index (χ0n) is 10.0. The highest BCUT2D eigenvalue weighted by atomic mass is 79.9. The van der Waals surface area contributed by atoms with Crippen molar-refractivity contribution in [3.63, 3.8) is 0 Å². The number of hydrogen-bond acceptors (Lipinski definition) is 2. The second-order valence-electron chi connectivity index (χ2n) is 4.06. The Morgan fingerprint density at radius 2 is 2.06 bits per heavy atom. The molecule has 1 amide bonds. The van der Waals surface area contributed by atoms with Crippen molar-refractivity contribution in [1.82, 2.24) is 4.90 Å². The van der Waals surface area contributed by atoms with Crippen LogP contribution >= 0.6 is 15.9 Å². The summed E-state index contributed by atoms with van der Waals surface area (Å²) in [6.45, 7) is 3.88. The molecule has 1 unspecified atom stereocenters. The number of aryl methyl sites for hydroxylation is 1. The van der Waals surface area contributed by atoms with E-state index in [1.165, 1.54) is 0 Å². The van der Waals surface area contributed by atoms with Gasteiger partial charge in [-0.15, -0.1) is 0 Å². The van der Waals surface area contributed by atoms with E-state index >= 15 is 0 Å². The number of nitrogens with one attached hydrogen (secondary N) is 1. The number of carbonyl (C=O) groups excluding carboxylic acids is 1. The summed E-state index contributed by atoms with van der Waals surface area (Å²) >= 11 is 3.41. The van der Waals surface area contributed by atoms with Gasteiger partial charge >= 0.3 is 0 Å². The molecule has 0 fully saturated rings. The van der Waals surface area contributed by atoms with Gasteiger partial charge in [0.2, 0.25) is 5.91 Å². The predicted molar refractivity (Wildman–Crippen MR) is 70.7 cm³/mol. The van der Waals surface area contributed by atoms with Crippen LogP contribution in [0.5, 0.6) is 0 Å². The minimum atomic E-state index is -0.213. The molecule has 0 aromatic heterocycles. The highest BCUT2D eigenvalue weighted by Gasteiger charge is 2.14. The van der Waals surface area contributed by atoms with E-state index in [0.29, 0.717) is 0 Å². The molecule has 0 saturated heterocycles. The molecule has 4 heteroatoms. The fourth-order valence-corrected chi connectivity index (χ4v) is 1.95. The lowest BCUT2D eigenvalue weighted by Crippen LogP contribution is -2.36. The fraction of sp³-hybridized carbons (Fsp3) is 0.417. The van der Waals surface area contributed by atoms with Gasteiger partial charge in [0, 0.05) is 24.3 Å².